The number of ether oxygens (including phenoxy) is 2. The molecule has 112 valence electrons. The molecular weight excluding hydrogens is 274 g/mol. The quantitative estimate of drug-likeness (QED) is 0.480. The number of hydrazine groups is 1. The summed E-state index contributed by atoms with van der Waals surface area (Å²) in [6, 6.07) is 4.80. The van der Waals surface area contributed by atoms with Crippen LogP contribution in [0.3, 0.4) is 0 Å². The van der Waals surface area contributed by atoms with Gasteiger partial charge in [0, 0.05) is 11.8 Å². The molecular formula is C14H17N3O4. The van der Waals surface area contributed by atoms with Crippen LogP contribution < -0.4 is 26.2 Å². The number of nitrogens with two attached hydrogens (primary N) is 1. The Bertz CT molecular complexity index is 752. The van der Waals surface area contributed by atoms with Crippen molar-refractivity contribution in [2.24, 2.45) is 5.84 Å². The summed E-state index contributed by atoms with van der Waals surface area (Å²) in [5, 5.41) is 0.368. The molecule has 0 radical (unpaired) electrons. The van der Waals surface area contributed by atoms with Gasteiger partial charge in [-0.05, 0) is 19.1 Å². The molecule has 0 saturated heterocycles. The summed E-state index contributed by atoms with van der Waals surface area (Å²) in [6.45, 7) is 1.71. The maximum absolute atomic E-state index is 12.3. The van der Waals surface area contributed by atoms with E-state index in [1.807, 2.05) is 0 Å². The van der Waals surface area contributed by atoms with E-state index in [9.17, 15) is 9.59 Å². The summed E-state index contributed by atoms with van der Waals surface area (Å²) in [5.41, 5.74) is 3.02. The van der Waals surface area contributed by atoms with Crippen molar-refractivity contribution in [2.75, 3.05) is 14.2 Å². The molecule has 0 fully saturated rings. The molecule has 2 aromatic rings. The predicted octanol–water partition coefficient (Wildman–Crippen LogP) is 0.317. The van der Waals surface area contributed by atoms with Gasteiger partial charge in [0.25, 0.3) is 5.91 Å². The molecule has 2 rings (SSSR count). The van der Waals surface area contributed by atoms with Gasteiger partial charge in [0.2, 0.25) is 0 Å². The lowest BCUT2D eigenvalue weighted by molar-refractivity contribution is -0.121. The van der Waals surface area contributed by atoms with Gasteiger partial charge in [-0.3, -0.25) is 15.0 Å². The first-order valence-electron chi connectivity index (χ1n) is 6.28. The molecule has 0 aliphatic carbocycles. The van der Waals surface area contributed by atoms with Crippen molar-refractivity contribution in [1.29, 1.82) is 0 Å². The van der Waals surface area contributed by atoms with E-state index >= 15 is 0 Å². The number of benzene rings is 1. The van der Waals surface area contributed by atoms with Crippen LogP contribution in [0.2, 0.25) is 0 Å². The molecule has 0 aliphatic rings. The molecule has 21 heavy (non-hydrogen) atoms. The Kier molecular flexibility index (Phi) is 4.13. The average Bonchev–Trinajstić information content (AvgIpc) is 2.49. The Balaban J connectivity index is 2.89. The minimum absolute atomic E-state index is 0.0252. The summed E-state index contributed by atoms with van der Waals surface area (Å²) >= 11 is 0. The molecule has 1 aromatic carbocycles. The zero-order valence-electron chi connectivity index (χ0n) is 12.1. The van der Waals surface area contributed by atoms with Gasteiger partial charge < -0.3 is 14.0 Å². The molecule has 7 heteroatoms. The second kappa shape index (κ2) is 5.84. The third-order valence-corrected chi connectivity index (χ3v) is 3.29. The number of aryl methyl sites for hydroxylation is 1. The van der Waals surface area contributed by atoms with Gasteiger partial charge in [-0.15, -0.1) is 0 Å². The highest BCUT2D eigenvalue weighted by molar-refractivity contribution is 5.91. The second-order valence-corrected chi connectivity index (χ2v) is 4.50. The molecule has 0 spiro atoms. The standard InChI is InChI=1S/C14H17N3O4/c1-8-6-9(18)13-10(20-2)4-5-11(21-3)14(13)17(8)7-12(19)16-15/h4-6H,7,15H2,1-3H3,(H,16,19). The minimum atomic E-state index is -0.382. The monoisotopic (exact) mass is 291 g/mol. The van der Waals surface area contributed by atoms with Crippen LogP contribution in [0, 0.1) is 6.92 Å². The predicted molar refractivity (Wildman–Crippen MR) is 78.4 cm³/mol. The van der Waals surface area contributed by atoms with E-state index < -0.39 is 0 Å². The first-order valence-corrected chi connectivity index (χ1v) is 6.28. The Morgan fingerprint density at radius 3 is 2.48 bits per heavy atom. The van der Waals surface area contributed by atoms with Crippen LogP contribution in [-0.4, -0.2) is 24.7 Å². The molecule has 1 amide bonds. The third-order valence-electron chi connectivity index (χ3n) is 3.29. The van der Waals surface area contributed by atoms with E-state index in [4.69, 9.17) is 15.3 Å². The van der Waals surface area contributed by atoms with Gasteiger partial charge >= 0.3 is 0 Å². The largest absolute Gasteiger partial charge is 0.496 e. The summed E-state index contributed by atoms with van der Waals surface area (Å²) in [7, 11) is 2.99. The molecule has 0 unspecified atom stereocenters. The molecule has 0 atom stereocenters. The van der Waals surface area contributed by atoms with E-state index in [2.05, 4.69) is 5.43 Å². The highest BCUT2D eigenvalue weighted by atomic mass is 16.5. The second-order valence-electron chi connectivity index (χ2n) is 4.50. The van der Waals surface area contributed by atoms with E-state index in [0.717, 1.165) is 0 Å². The van der Waals surface area contributed by atoms with Crippen molar-refractivity contribution < 1.29 is 14.3 Å². The molecule has 0 saturated carbocycles. The lowest BCUT2D eigenvalue weighted by Crippen LogP contribution is -2.34. The molecule has 1 heterocycles. The van der Waals surface area contributed by atoms with Crippen molar-refractivity contribution in [2.45, 2.75) is 13.5 Å². The van der Waals surface area contributed by atoms with Crippen molar-refractivity contribution >= 4 is 16.8 Å². The maximum Gasteiger partial charge on any atom is 0.253 e. The fourth-order valence-corrected chi connectivity index (χ4v) is 2.30. The van der Waals surface area contributed by atoms with Crippen LogP contribution in [0.4, 0.5) is 0 Å². The third kappa shape index (κ3) is 2.55. The van der Waals surface area contributed by atoms with Gasteiger partial charge in [0.15, 0.2) is 5.43 Å². The highest BCUT2D eigenvalue weighted by Gasteiger charge is 2.17. The zero-order valence-corrected chi connectivity index (χ0v) is 12.1. The molecule has 1 aromatic heterocycles. The number of hydrogen-bond donors (Lipinski definition) is 2. The lowest BCUT2D eigenvalue weighted by atomic mass is 10.1. The molecule has 0 aliphatic heterocycles. The topological polar surface area (TPSA) is 95.6 Å². The Hall–Kier alpha value is -2.54. The number of carbonyl (C=O) groups excluding carboxylic acids is 1. The SMILES string of the molecule is COc1ccc(OC)c2c1c(=O)cc(C)n2CC(=O)NN. The number of pyridine rings is 1. The van der Waals surface area contributed by atoms with Crippen LogP contribution in [0.1, 0.15) is 5.69 Å². The van der Waals surface area contributed by atoms with E-state index in [-0.39, 0.29) is 17.9 Å². The number of nitrogens with zero attached hydrogens (tertiary/aromatic N) is 1. The molecule has 7 nitrogen and oxygen atoms in total. The van der Waals surface area contributed by atoms with Gasteiger partial charge in [-0.25, -0.2) is 5.84 Å². The average molecular weight is 291 g/mol. The van der Waals surface area contributed by atoms with Crippen LogP contribution >= 0.6 is 0 Å². The van der Waals surface area contributed by atoms with E-state index in [1.54, 1.807) is 23.6 Å². The van der Waals surface area contributed by atoms with Crippen LogP contribution in [0.5, 0.6) is 11.5 Å². The molecule has 0 bridgehead atoms. The number of fused-ring (bicyclic) bond motifs is 1. The molecule has 3 N–H and O–H groups in total. The maximum atomic E-state index is 12.3. The number of hydrogen-bond acceptors (Lipinski definition) is 5. The summed E-state index contributed by atoms with van der Waals surface area (Å²) in [5.74, 6) is 5.67. The first kappa shape index (κ1) is 14.9. The summed E-state index contributed by atoms with van der Waals surface area (Å²) in [4.78, 5) is 23.9. The highest BCUT2D eigenvalue weighted by Crippen LogP contribution is 2.31. The van der Waals surface area contributed by atoms with Gasteiger partial charge in [-0.2, -0.15) is 0 Å². The van der Waals surface area contributed by atoms with Crippen molar-refractivity contribution in [3.8, 4) is 11.5 Å². The minimum Gasteiger partial charge on any atom is -0.496 e. The number of aromatic nitrogens is 1. The van der Waals surface area contributed by atoms with Crippen LogP contribution in [0.25, 0.3) is 10.9 Å². The van der Waals surface area contributed by atoms with Crippen LogP contribution in [0.15, 0.2) is 23.0 Å². The zero-order chi connectivity index (χ0) is 15.6. The Morgan fingerprint density at radius 2 is 1.90 bits per heavy atom. The van der Waals surface area contributed by atoms with Crippen molar-refractivity contribution in [3.05, 3.63) is 34.1 Å². The summed E-state index contributed by atoms with van der Waals surface area (Å²) < 4.78 is 12.2. The first-order chi connectivity index (χ1) is 10.0. The van der Waals surface area contributed by atoms with Gasteiger partial charge in [0.05, 0.1) is 25.1 Å². The number of nitrogens with one attached hydrogen (secondary N) is 1. The number of methoxy groups -OCH3 is 2. The Labute approximate surface area is 121 Å². The lowest BCUT2D eigenvalue weighted by Gasteiger charge is -2.17. The number of rotatable bonds is 4. The fourth-order valence-electron chi connectivity index (χ4n) is 2.30. The summed E-state index contributed by atoms with van der Waals surface area (Å²) in [6.07, 6.45) is 0. The van der Waals surface area contributed by atoms with Gasteiger partial charge in [0.1, 0.15) is 18.0 Å². The Morgan fingerprint density at radius 1 is 1.29 bits per heavy atom. The van der Waals surface area contributed by atoms with E-state index in [1.165, 1.54) is 20.3 Å². The fraction of sp³-hybridized carbons (Fsp3) is 0.286. The van der Waals surface area contributed by atoms with Crippen molar-refractivity contribution in [3.63, 3.8) is 0 Å². The van der Waals surface area contributed by atoms with E-state index in [0.29, 0.717) is 28.1 Å². The number of amides is 1. The van der Waals surface area contributed by atoms with Gasteiger partial charge in [-0.1, -0.05) is 0 Å². The van der Waals surface area contributed by atoms with Crippen molar-refractivity contribution in [1.82, 2.24) is 9.99 Å². The number of carbonyl (C=O) groups is 1. The van der Waals surface area contributed by atoms with Crippen LogP contribution in [-0.2, 0) is 11.3 Å². The smallest absolute Gasteiger partial charge is 0.253 e. The normalized spacial score (nSPS) is 10.5.